The minimum atomic E-state index is -2.39. The highest BCUT2D eigenvalue weighted by Crippen LogP contribution is 2.37. The number of hydrogen-bond acceptors (Lipinski definition) is 7. The Kier molecular flexibility index (Phi) is 12.0. The van der Waals surface area contributed by atoms with Crippen LogP contribution in [-0.2, 0) is 8.55 Å². The van der Waals surface area contributed by atoms with Crippen molar-refractivity contribution in [3.63, 3.8) is 0 Å². The molecule has 0 bridgehead atoms. The molecule has 0 radical (unpaired) electrons. The van der Waals surface area contributed by atoms with Crippen LogP contribution in [0.2, 0.25) is 0 Å². The van der Waals surface area contributed by atoms with Crippen molar-refractivity contribution in [2.75, 3.05) is 14.1 Å². The van der Waals surface area contributed by atoms with Crippen molar-refractivity contribution in [2.45, 2.75) is 19.7 Å². The molecule has 10 heteroatoms. The normalized spacial score (nSPS) is 17.2. The van der Waals surface area contributed by atoms with Crippen LogP contribution in [0.1, 0.15) is 25.2 Å². The second-order valence-corrected chi connectivity index (χ2v) is 10.1. The van der Waals surface area contributed by atoms with Crippen LogP contribution in [0.3, 0.4) is 0 Å². The van der Waals surface area contributed by atoms with E-state index in [1.54, 1.807) is 24.3 Å². The highest BCUT2D eigenvalue weighted by molar-refractivity contribution is 8.87. The van der Waals surface area contributed by atoms with Crippen LogP contribution < -0.4 is 10.6 Å². The summed E-state index contributed by atoms with van der Waals surface area (Å²) in [6.45, 7) is 0. The van der Waals surface area contributed by atoms with Crippen LogP contribution in [-0.4, -0.2) is 39.8 Å². The fraction of sp³-hybridized carbons (Fsp3) is 0.286. The number of carbonyl (C=O) groups excluding carboxylic acids is 3. The molecule has 1 aromatic rings. The summed E-state index contributed by atoms with van der Waals surface area (Å²) < 4.78 is 11.6. The molecule has 1 aliphatic rings. The van der Waals surface area contributed by atoms with Crippen LogP contribution in [0.5, 0.6) is 0 Å². The Morgan fingerprint density at radius 3 is 1.96 bits per heavy atom. The van der Waals surface area contributed by atoms with Gasteiger partial charge in [-0.15, -0.1) is 0 Å². The van der Waals surface area contributed by atoms with E-state index in [1.165, 1.54) is 14.1 Å². The van der Waals surface area contributed by atoms with Gasteiger partial charge in [-0.25, -0.2) is 0 Å². The molecule has 1 heterocycles. The van der Waals surface area contributed by atoms with Gasteiger partial charge in [0.25, 0.3) is 10.5 Å². The van der Waals surface area contributed by atoms with Crippen molar-refractivity contribution >= 4 is 62.4 Å². The van der Waals surface area contributed by atoms with Gasteiger partial charge in [-0.2, -0.15) is 0 Å². The second kappa shape index (κ2) is 11.5. The van der Waals surface area contributed by atoms with Crippen molar-refractivity contribution in [1.82, 2.24) is 10.6 Å². The summed E-state index contributed by atoms with van der Waals surface area (Å²) in [4.78, 5) is 32.8. The van der Waals surface area contributed by atoms with Crippen molar-refractivity contribution in [2.24, 2.45) is 0 Å². The quantitative estimate of drug-likeness (QED) is 0.495. The maximum Gasteiger partial charge on any atom is 0.289 e. The predicted molar refractivity (Wildman–Crippen MR) is 109 cm³/mol. The summed E-state index contributed by atoms with van der Waals surface area (Å²) in [5.41, 5.74) is 0.544. The summed E-state index contributed by atoms with van der Waals surface area (Å²) in [5, 5.41) is 4.15. The third-order valence-electron chi connectivity index (χ3n) is 2.25. The van der Waals surface area contributed by atoms with Gasteiger partial charge in [-0.05, 0) is 18.0 Å². The number of fused-ring (bicyclic) bond motifs is 1. The molecule has 2 rings (SSSR count). The number of rotatable bonds is 0. The Hall–Kier alpha value is -1.10. The maximum atomic E-state index is 11.6. The van der Waals surface area contributed by atoms with Crippen LogP contribution in [0.15, 0.2) is 29.2 Å². The number of benzene rings is 1. The van der Waals surface area contributed by atoms with E-state index >= 15 is 0 Å². The van der Waals surface area contributed by atoms with Gasteiger partial charge in [0.15, 0.2) is 0 Å². The first-order valence-corrected chi connectivity index (χ1v) is 11.0. The second-order valence-electron chi connectivity index (χ2n) is 3.72. The average Bonchev–Trinajstić information content (AvgIpc) is 2.75. The van der Waals surface area contributed by atoms with E-state index in [9.17, 15) is 18.6 Å². The highest BCUT2D eigenvalue weighted by Gasteiger charge is 2.28. The number of hydrogen-bond donors (Lipinski definition) is 2. The molecule has 1 unspecified atom stereocenters. The zero-order chi connectivity index (χ0) is 16.8. The van der Waals surface area contributed by atoms with Gasteiger partial charge in [0, 0.05) is 52.0 Å². The molecule has 1 atom stereocenters. The molecule has 0 saturated heterocycles. The van der Waals surface area contributed by atoms with Crippen LogP contribution in [0.25, 0.3) is 0 Å². The summed E-state index contributed by atoms with van der Waals surface area (Å²) in [7, 11) is 3.20. The van der Waals surface area contributed by atoms with E-state index in [0.29, 0.717) is 10.5 Å². The van der Waals surface area contributed by atoms with Gasteiger partial charge in [-0.1, -0.05) is 27.0 Å². The van der Waals surface area contributed by atoms with E-state index in [1.807, 2.05) is 0 Å². The highest BCUT2D eigenvalue weighted by atomic mass is 33.1. The third-order valence-corrected chi connectivity index (χ3v) is 7.67. The zero-order valence-corrected chi connectivity index (χ0v) is 15.0. The maximum absolute atomic E-state index is 11.6. The molecule has 1 aromatic carbocycles. The molecule has 0 fully saturated rings. The van der Waals surface area contributed by atoms with E-state index in [4.69, 9.17) is 0 Å². The fourth-order valence-electron chi connectivity index (χ4n) is 1.28. The fourth-order valence-corrected chi connectivity index (χ4v) is 5.71. The van der Waals surface area contributed by atoms with Crippen molar-refractivity contribution < 1.29 is 18.6 Å². The Bertz CT molecular complexity index is 674. The topological polar surface area (TPSA) is 92.3 Å². The Morgan fingerprint density at radius 2 is 1.54 bits per heavy atom. The third kappa shape index (κ3) is 7.20. The lowest BCUT2D eigenvalue weighted by Crippen LogP contribution is -2.13. The number of nitrogens with one attached hydrogen (secondary N) is 2. The van der Waals surface area contributed by atoms with Crippen LogP contribution in [0.4, 0.5) is 9.59 Å². The van der Waals surface area contributed by atoms with Gasteiger partial charge in [0.2, 0.25) is 5.12 Å². The van der Waals surface area contributed by atoms with Crippen LogP contribution in [0, 0.1) is 0 Å². The SMILES string of the molecule is C.C.C=S1(=O)SC(=O)c2ccccc21.CNC(=O)SSC(=O)NC. The minimum Gasteiger partial charge on any atom is -0.349 e. The molecular weight excluding hydrogens is 388 g/mol. The molecule has 24 heavy (non-hydrogen) atoms. The summed E-state index contributed by atoms with van der Waals surface area (Å²) in [5.74, 6) is 3.53. The standard InChI is InChI=1S/C8H6O2S2.C4H8N2O2S2.2CH4/c1-12(10)7-5-3-2-4-6(7)8(9)11-12;1-5-3(7)9-10-4(8)6-2;;/h2-5H,1H2;1-2H3,(H,5,7)(H,6,8);2*1H4. The zero-order valence-electron chi connectivity index (χ0n) is 11.8. The molecule has 0 aliphatic carbocycles. The average molecular weight is 411 g/mol. The summed E-state index contributed by atoms with van der Waals surface area (Å²) >= 11 is 0. The van der Waals surface area contributed by atoms with Gasteiger partial charge >= 0.3 is 0 Å². The van der Waals surface area contributed by atoms with Gasteiger partial charge in [-0.3, -0.25) is 18.6 Å². The lowest BCUT2D eigenvalue weighted by Gasteiger charge is -1.95. The first kappa shape index (κ1) is 25.1. The number of amides is 2. The van der Waals surface area contributed by atoms with Crippen LogP contribution >= 0.6 is 32.4 Å². The molecule has 0 saturated carbocycles. The predicted octanol–water partition coefficient (Wildman–Crippen LogP) is 3.88. The molecule has 136 valence electrons. The van der Waals surface area contributed by atoms with Crippen molar-refractivity contribution in [3.05, 3.63) is 29.8 Å². The molecule has 6 nitrogen and oxygen atoms in total. The molecule has 2 N–H and O–H groups in total. The van der Waals surface area contributed by atoms with Gasteiger partial charge < -0.3 is 10.6 Å². The smallest absolute Gasteiger partial charge is 0.289 e. The Labute approximate surface area is 155 Å². The van der Waals surface area contributed by atoms with E-state index in [-0.39, 0.29) is 30.4 Å². The molecule has 0 aromatic heterocycles. The van der Waals surface area contributed by atoms with E-state index in [2.05, 4.69) is 16.5 Å². The molecule has 1 aliphatic heterocycles. The lowest BCUT2D eigenvalue weighted by molar-refractivity contribution is 0.108. The molecule has 2 amide bonds. The monoisotopic (exact) mass is 410 g/mol. The minimum absolute atomic E-state index is 0. The van der Waals surface area contributed by atoms with Gasteiger partial charge in [0.1, 0.15) is 0 Å². The first-order valence-electron chi connectivity index (χ1n) is 5.79. The largest absolute Gasteiger partial charge is 0.349 e. The van der Waals surface area contributed by atoms with Gasteiger partial charge in [0.05, 0.1) is 13.4 Å². The lowest BCUT2D eigenvalue weighted by atomic mass is 10.2. The Balaban J connectivity index is 0. The molecule has 0 spiro atoms. The number of carbonyl (C=O) groups is 3. The summed E-state index contributed by atoms with van der Waals surface area (Å²) in [6.07, 6.45) is 0. The van der Waals surface area contributed by atoms with Crippen molar-refractivity contribution in [1.29, 1.82) is 0 Å². The van der Waals surface area contributed by atoms with E-state index in [0.717, 1.165) is 32.4 Å². The van der Waals surface area contributed by atoms with E-state index < -0.39 is 8.55 Å². The Morgan fingerprint density at radius 1 is 1.08 bits per heavy atom. The molecular formula is C14H22N2O4S4. The first-order chi connectivity index (χ1) is 10.3. The van der Waals surface area contributed by atoms with Crippen molar-refractivity contribution in [3.8, 4) is 0 Å². The summed E-state index contributed by atoms with van der Waals surface area (Å²) in [6, 6.07) is 6.91.